The summed E-state index contributed by atoms with van der Waals surface area (Å²) in [7, 11) is 2.24. The van der Waals surface area contributed by atoms with E-state index in [1.54, 1.807) is 0 Å². The smallest absolute Gasteiger partial charge is 0.0410 e. The third-order valence-electron chi connectivity index (χ3n) is 6.56. The molecule has 0 radical (unpaired) electrons. The van der Waals surface area contributed by atoms with Crippen LogP contribution >= 0.6 is 0 Å². The van der Waals surface area contributed by atoms with E-state index in [1.807, 2.05) is 0 Å². The Balaban J connectivity index is 1.87. The van der Waals surface area contributed by atoms with Crippen molar-refractivity contribution in [1.82, 2.24) is 4.90 Å². The van der Waals surface area contributed by atoms with E-state index in [9.17, 15) is 0 Å². The summed E-state index contributed by atoms with van der Waals surface area (Å²) in [4.78, 5) is 2.44. The number of anilines is 2. The maximum absolute atomic E-state index is 3.78. The number of rotatable bonds is 13. The number of hydrogen-bond acceptors (Lipinski definition) is 3. The van der Waals surface area contributed by atoms with Crippen LogP contribution in [0, 0.1) is 0 Å². The molecule has 33 heavy (non-hydrogen) atoms. The zero-order valence-electron chi connectivity index (χ0n) is 22.8. The van der Waals surface area contributed by atoms with Gasteiger partial charge in [-0.1, -0.05) is 91.8 Å². The maximum atomic E-state index is 3.78. The molecule has 184 valence electrons. The van der Waals surface area contributed by atoms with Crippen LogP contribution in [-0.2, 0) is 0 Å². The molecule has 2 aromatic rings. The number of para-hydroxylation sites is 2. The monoisotopic (exact) mass is 451 g/mol. The van der Waals surface area contributed by atoms with Crippen LogP contribution in [0.3, 0.4) is 0 Å². The lowest BCUT2D eigenvalue weighted by Gasteiger charge is -2.23. The maximum Gasteiger partial charge on any atom is 0.0410 e. The van der Waals surface area contributed by atoms with E-state index in [0.29, 0.717) is 23.7 Å². The molecule has 0 atom stereocenters. The summed E-state index contributed by atoms with van der Waals surface area (Å²) in [5.41, 5.74) is 8.44. The van der Waals surface area contributed by atoms with Crippen molar-refractivity contribution in [2.45, 2.75) is 85.5 Å². The van der Waals surface area contributed by atoms with Crippen molar-refractivity contribution in [1.29, 1.82) is 0 Å². The molecule has 0 aliphatic heterocycles. The number of nitrogens with one attached hydrogen (secondary N) is 2. The predicted octanol–water partition coefficient (Wildman–Crippen LogP) is 8.03. The van der Waals surface area contributed by atoms with Crippen LogP contribution < -0.4 is 10.6 Å². The van der Waals surface area contributed by atoms with Gasteiger partial charge in [-0.05, 0) is 65.9 Å². The molecule has 0 saturated heterocycles. The lowest BCUT2D eigenvalue weighted by Crippen LogP contribution is -2.28. The zero-order chi connectivity index (χ0) is 24.5. The Morgan fingerprint density at radius 2 is 0.939 bits per heavy atom. The number of likely N-dealkylation sites (N-methyl/N-ethyl adjacent to an activating group) is 1. The molecule has 2 rings (SSSR count). The van der Waals surface area contributed by atoms with E-state index >= 15 is 0 Å². The first-order chi connectivity index (χ1) is 15.6. The Morgan fingerprint density at radius 3 is 1.30 bits per heavy atom. The van der Waals surface area contributed by atoms with Crippen molar-refractivity contribution >= 4 is 11.4 Å². The fourth-order valence-corrected chi connectivity index (χ4v) is 4.56. The minimum atomic E-state index is 0.527. The van der Waals surface area contributed by atoms with Crippen LogP contribution in [0.5, 0.6) is 0 Å². The van der Waals surface area contributed by atoms with Gasteiger partial charge in [-0.15, -0.1) is 0 Å². The number of benzene rings is 2. The van der Waals surface area contributed by atoms with E-state index in [-0.39, 0.29) is 0 Å². The van der Waals surface area contributed by atoms with Gasteiger partial charge in [-0.2, -0.15) is 0 Å². The number of hydrogen-bond donors (Lipinski definition) is 2. The summed E-state index contributed by atoms with van der Waals surface area (Å²) in [6.07, 6.45) is 1.14. The van der Waals surface area contributed by atoms with E-state index in [0.717, 1.165) is 32.6 Å². The van der Waals surface area contributed by atoms with Crippen molar-refractivity contribution in [3.63, 3.8) is 0 Å². The molecule has 0 heterocycles. The molecule has 0 aliphatic carbocycles. The first-order valence-electron chi connectivity index (χ1n) is 13.0. The molecule has 2 N–H and O–H groups in total. The van der Waals surface area contributed by atoms with Crippen molar-refractivity contribution < 1.29 is 0 Å². The highest BCUT2D eigenvalue weighted by Crippen LogP contribution is 2.33. The minimum absolute atomic E-state index is 0.527. The van der Waals surface area contributed by atoms with Crippen LogP contribution in [0.1, 0.15) is 108 Å². The highest BCUT2D eigenvalue weighted by Gasteiger charge is 2.14. The SMILES string of the molecule is CC(C)c1cccc(C(C)C)c1NCCCN(C)CCNc1c(C(C)C)cccc1C(C)C. The average molecular weight is 452 g/mol. The summed E-state index contributed by atoms with van der Waals surface area (Å²) >= 11 is 0. The van der Waals surface area contributed by atoms with Crippen LogP contribution in [0.15, 0.2) is 36.4 Å². The van der Waals surface area contributed by atoms with Gasteiger partial charge in [-0.3, -0.25) is 0 Å². The second kappa shape index (κ2) is 13.0. The van der Waals surface area contributed by atoms with Crippen molar-refractivity contribution in [2.24, 2.45) is 0 Å². The molecule has 3 heteroatoms. The number of nitrogens with zero attached hydrogens (tertiary/aromatic N) is 1. The lowest BCUT2D eigenvalue weighted by atomic mass is 9.92. The van der Waals surface area contributed by atoms with Crippen LogP contribution in [0.25, 0.3) is 0 Å². The highest BCUT2D eigenvalue weighted by molar-refractivity contribution is 5.61. The van der Waals surface area contributed by atoms with Crippen molar-refractivity contribution in [3.05, 3.63) is 58.7 Å². The summed E-state index contributed by atoms with van der Waals surface area (Å²) in [6, 6.07) is 13.5. The Labute approximate surface area is 204 Å². The van der Waals surface area contributed by atoms with Crippen LogP contribution in [0.2, 0.25) is 0 Å². The molecular weight excluding hydrogens is 402 g/mol. The fourth-order valence-electron chi connectivity index (χ4n) is 4.56. The molecule has 0 saturated carbocycles. The summed E-state index contributed by atoms with van der Waals surface area (Å²) in [6.45, 7) is 22.4. The average Bonchev–Trinajstić information content (AvgIpc) is 2.76. The van der Waals surface area contributed by atoms with E-state index < -0.39 is 0 Å². The van der Waals surface area contributed by atoms with Crippen molar-refractivity contribution in [3.8, 4) is 0 Å². The largest absolute Gasteiger partial charge is 0.385 e. The predicted molar refractivity (Wildman–Crippen MR) is 148 cm³/mol. The molecule has 0 unspecified atom stereocenters. The van der Waals surface area contributed by atoms with Gasteiger partial charge in [0.2, 0.25) is 0 Å². The molecule has 0 amide bonds. The Kier molecular flexibility index (Phi) is 10.8. The van der Waals surface area contributed by atoms with Gasteiger partial charge in [0.05, 0.1) is 0 Å². The van der Waals surface area contributed by atoms with Gasteiger partial charge in [0.1, 0.15) is 0 Å². The molecule has 0 aromatic heterocycles. The molecular formula is C30H49N3. The lowest BCUT2D eigenvalue weighted by molar-refractivity contribution is 0.345. The quantitative estimate of drug-likeness (QED) is 0.302. The van der Waals surface area contributed by atoms with Crippen LogP contribution in [-0.4, -0.2) is 38.1 Å². The van der Waals surface area contributed by atoms with Gasteiger partial charge in [0, 0.05) is 31.0 Å². The second-order valence-electron chi connectivity index (χ2n) is 10.8. The van der Waals surface area contributed by atoms with Gasteiger partial charge >= 0.3 is 0 Å². The van der Waals surface area contributed by atoms with Gasteiger partial charge in [0.15, 0.2) is 0 Å². The standard InChI is InChI=1S/C30H49N3/c1-21(2)25-13-10-14-26(22(3)4)29(25)31-17-12-19-33(9)20-18-32-30-27(23(5)6)15-11-16-28(30)24(7)8/h10-11,13-16,21-24,31-32H,12,17-20H2,1-9H3. The van der Waals surface area contributed by atoms with E-state index in [4.69, 9.17) is 0 Å². The third-order valence-corrected chi connectivity index (χ3v) is 6.56. The fraction of sp³-hybridized carbons (Fsp3) is 0.600. The Bertz CT molecular complexity index is 799. The van der Waals surface area contributed by atoms with Crippen molar-refractivity contribution in [2.75, 3.05) is 43.9 Å². The summed E-state index contributed by atoms with van der Waals surface area (Å²) in [5, 5.41) is 7.55. The Morgan fingerprint density at radius 1 is 0.576 bits per heavy atom. The molecule has 0 fully saturated rings. The van der Waals surface area contributed by atoms with Gasteiger partial charge in [-0.25, -0.2) is 0 Å². The molecule has 2 aromatic carbocycles. The highest BCUT2D eigenvalue weighted by atomic mass is 15.1. The molecule has 0 aliphatic rings. The minimum Gasteiger partial charge on any atom is -0.385 e. The van der Waals surface area contributed by atoms with Crippen LogP contribution in [0.4, 0.5) is 11.4 Å². The van der Waals surface area contributed by atoms with E-state index in [2.05, 4.69) is 114 Å². The third kappa shape index (κ3) is 7.78. The molecule has 3 nitrogen and oxygen atoms in total. The molecule has 0 spiro atoms. The first kappa shape index (κ1) is 27.2. The summed E-state index contributed by atoms with van der Waals surface area (Å²) in [5.74, 6) is 2.12. The van der Waals surface area contributed by atoms with Gasteiger partial charge < -0.3 is 15.5 Å². The Hall–Kier alpha value is -2.00. The van der Waals surface area contributed by atoms with E-state index in [1.165, 1.54) is 33.6 Å². The zero-order valence-corrected chi connectivity index (χ0v) is 22.8. The van der Waals surface area contributed by atoms with Gasteiger partial charge in [0.25, 0.3) is 0 Å². The first-order valence-corrected chi connectivity index (χ1v) is 13.0. The second-order valence-corrected chi connectivity index (χ2v) is 10.8. The summed E-state index contributed by atoms with van der Waals surface area (Å²) < 4.78 is 0. The normalized spacial score (nSPS) is 11.9. The molecule has 0 bridgehead atoms. The topological polar surface area (TPSA) is 27.3 Å².